The van der Waals surface area contributed by atoms with Gasteiger partial charge in [0.25, 0.3) is 0 Å². The van der Waals surface area contributed by atoms with Crippen LogP contribution in [0.4, 0.5) is 0 Å². The van der Waals surface area contributed by atoms with Crippen molar-refractivity contribution in [2.75, 3.05) is 19.7 Å². The first-order valence-corrected chi connectivity index (χ1v) is 5.03. The highest BCUT2D eigenvalue weighted by Crippen LogP contribution is 2.15. The molecule has 4 nitrogen and oxygen atoms in total. The van der Waals surface area contributed by atoms with Crippen LogP contribution in [0.15, 0.2) is 24.3 Å². The average molecular weight is 211 g/mol. The number of nitrogens with one attached hydrogen (secondary N) is 1. The van der Waals surface area contributed by atoms with Crippen molar-refractivity contribution >= 4 is 0 Å². The quantitative estimate of drug-likeness (QED) is 0.649. The zero-order chi connectivity index (χ0) is 11.1. The number of benzene rings is 1. The van der Waals surface area contributed by atoms with Crippen LogP contribution >= 0.6 is 0 Å². The third-order valence-corrected chi connectivity index (χ3v) is 1.91. The van der Waals surface area contributed by atoms with Gasteiger partial charge in [0.2, 0.25) is 0 Å². The van der Waals surface area contributed by atoms with Crippen LogP contribution in [0.1, 0.15) is 6.92 Å². The second-order valence-electron chi connectivity index (χ2n) is 3.27. The standard InChI is InChI=1S/C11H17NO3/c1-2-12-7-10(14)8-15-11-5-3-9(13)4-6-11/h3-6,10,12-14H,2,7-8H2,1H3. The van der Waals surface area contributed by atoms with Gasteiger partial charge in [-0.05, 0) is 30.8 Å². The Morgan fingerprint density at radius 3 is 2.60 bits per heavy atom. The van der Waals surface area contributed by atoms with E-state index in [2.05, 4.69) is 5.32 Å². The third-order valence-electron chi connectivity index (χ3n) is 1.91. The summed E-state index contributed by atoms with van der Waals surface area (Å²) in [4.78, 5) is 0. The summed E-state index contributed by atoms with van der Waals surface area (Å²) in [7, 11) is 0. The van der Waals surface area contributed by atoms with Gasteiger partial charge in [-0.15, -0.1) is 0 Å². The van der Waals surface area contributed by atoms with E-state index in [-0.39, 0.29) is 12.4 Å². The molecule has 0 saturated carbocycles. The van der Waals surface area contributed by atoms with Gasteiger partial charge in [0.05, 0.1) is 0 Å². The summed E-state index contributed by atoms with van der Waals surface area (Å²) in [5, 5.41) is 21.5. The molecule has 0 fully saturated rings. The minimum Gasteiger partial charge on any atom is -0.508 e. The van der Waals surface area contributed by atoms with Crippen molar-refractivity contribution in [1.29, 1.82) is 0 Å². The Bertz CT molecular complexity index is 274. The Kier molecular flexibility index (Phi) is 4.93. The Labute approximate surface area is 89.5 Å². The molecule has 3 N–H and O–H groups in total. The Morgan fingerprint density at radius 2 is 2.00 bits per heavy atom. The molecule has 1 aromatic rings. The van der Waals surface area contributed by atoms with Gasteiger partial charge in [-0.25, -0.2) is 0 Å². The fourth-order valence-corrected chi connectivity index (χ4v) is 1.10. The molecule has 4 heteroatoms. The van der Waals surface area contributed by atoms with Crippen LogP contribution in [0.2, 0.25) is 0 Å². The highest BCUT2D eigenvalue weighted by Gasteiger charge is 2.03. The van der Waals surface area contributed by atoms with E-state index < -0.39 is 6.10 Å². The van der Waals surface area contributed by atoms with Crippen molar-refractivity contribution in [3.8, 4) is 11.5 Å². The predicted molar refractivity (Wildman–Crippen MR) is 58.2 cm³/mol. The summed E-state index contributed by atoms with van der Waals surface area (Å²) in [6.45, 7) is 3.58. The van der Waals surface area contributed by atoms with Crippen LogP contribution in [0, 0.1) is 0 Å². The fourth-order valence-electron chi connectivity index (χ4n) is 1.10. The average Bonchev–Trinajstić information content (AvgIpc) is 2.25. The van der Waals surface area contributed by atoms with E-state index in [1.807, 2.05) is 6.92 Å². The molecule has 0 amide bonds. The molecule has 84 valence electrons. The summed E-state index contributed by atoms with van der Waals surface area (Å²) < 4.78 is 5.32. The van der Waals surface area contributed by atoms with Gasteiger partial charge in [-0.1, -0.05) is 6.92 Å². The number of ether oxygens (including phenoxy) is 1. The molecule has 0 heterocycles. The minimum absolute atomic E-state index is 0.204. The molecule has 0 aliphatic carbocycles. The van der Waals surface area contributed by atoms with E-state index in [0.717, 1.165) is 6.54 Å². The molecule has 1 atom stereocenters. The highest BCUT2D eigenvalue weighted by molar-refractivity contribution is 5.30. The maximum Gasteiger partial charge on any atom is 0.119 e. The number of aliphatic hydroxyl groups excluding tert-OH is 1. The molecule has 1 unspecified atom stereocenters. The number of aliphatic hydroxyl groups is 1. The summed E-state index contributed by atoms with van der Waals surface area (Å²) in [6.07, 6.45) is -0.515. The molecule has 0 saturated heterocycles. The highest BCUT2D eigenvalue weighted by atomic mass is 16.5. The van der Waals surface area contributed by atoms with E-state index >= 15 is 0 Å². The van der Waals surface area contributed by atoms with Crippen molar-refractivity contribution in [1.82, 2.24) is 5.32 Å². The molecule has 0 aromatic heterocycles. The number of hydrogen-bond donors (Lipinski definition) is 3. The summed E-state index contributed by atoms with van der Waals surface area (Å²) >= 11 is 0. The van der Waals surface area contributed by atoms with Crippen LogP contribution in [-0.4, -0.2) is 36.0 Å². The smallest absolute Gasteiger partial charge is 0.119 e. The molecule has 0 aliphatic rings. The Balaban J connectivity index is 2.27. The van der Waals surface area contributed by atoms with Gasteiger partial charge in [0.1, 0.15) is 24.2 Å². The maximum atomic E-state index is 9.46. The lowest BCUT2D eigenvalue weighted by atomic mass is 10.3. The van der Waals surface area contributed by atoms with E-state index in [0.29, 0.717) is 12.3 Å². The monoisotopic (exact) mass is 211 g/mol. The number of phenolic OH excluding ortho intramolecular Hbond substituents is 1. The zero-order valence-electron chi connectivity index (χ0n) is 8.81. The summed E-state index contributed by atoms with van der Waals surface area (Å²) in [5.74, 6) is 0.846. The first-order valence-electron chi connectivity index (χ1n) is 5.03. The number of rotatable bonds is 6. The van der Waals surface area contributed by atoms with Crippen LogP contribution in [0.3, 0.4) is 0 Å². The zero-order valence-corrected chi connectivity index (χ0v) is 8.81. The van der Waals surface area contributed by atoms with Crippen molar-refractivity contribution in [3.05, 3.63) is 24.3 Å². The second kappa shape index (κ2) is 6.27. The van der Waals surface area contributed by atoms with Gasteiger partial charge in [0, 0.05) is 6.54 Å². The van der Waals surface area contributed by atoms with Gasteiger partial charge >= 0.3 is 0 Å². The van der Waals surface area contributed by atoms with Gasteiger partial charge < -0.3 is 20.3 Å². The maximum absolute atomic E-state index is 9.46. The Hall–Kier alpha value is -1.26. The van der Waals surface area contributed by atoms with Gasteiger partial charge in [0.15, 0.2) is 0 Å². The third kappa shape index (κ3) is 4.67. The Morgan fingerprint density at radius 1 is 1.33 bits per heavy atom. The molecule has 0 spiro atoms. The molecular formula is C11H17NO3. The lowest BCUT2D eigenvalue weighted by molar-refractivity contribution is 0.107. The lowest BCUT2D eigenvalue weighted by Gasteiger charge is -2.12. The van der Waals surface area contributed by atoms with Gasteiger partial charge in [-0.3, -0.25) is 0 Å². The fraction of sp³-hybridized carbons (Fsp3) is 0.455. The molecule has 1 rings (SSSR count). The van der Waals surface area contributed by atoms with Crippen molar-refractivity contribution in [2.45, 2.75) is 13.0 Å². The normalized spacial score (nSPS) is 12.4. The minimum atomic E-state index is -0.515. The number of aromatic hydroxyl groups is 1. The van der Waals surface area contributed by atoms with Crippen LogP contribution in [0.25, 0.3) is 0 Å². The molecule has 0 bridgehead atoms. The molecule has 0 radical (unpaired) electrons. The molecule has 0 aliphatic heterocycles. The summed E-state index contributed by atoms with van der Waals surface area (Å²) in [5.41, 5.74) is 0. The van der Waals surface area contributed by atoms with E-state index in [4.69, 9.17) is 9.84 Å². The van der Waals surface area contributed by atoms with Crippen LogP contribution in [0.5, 0.6) is 11.5 Å². The topological polar surface area (TPSA) is 61.7 Å². The molecular weight excluding hydrogens is 194 g/mol. The van der Waals surface area contributed by atoms with Crippen molar-refractivity contribution < 1.29 is 14.9 Å². The summed E-state index contributed by atoms with van der Waals surface area (Å²) in [6, 6.07) is 6.42. The van der Waals surface area contributed by atoms with Crippen molar-refractivity contribution in [2.24, 2.45) is 0 Å². The number of hydrogen-bond acceptors (Lipinski definition) is 4. The first-order chi connectivity index (χ1) is 7.22. The first kappa shape index (κ1) is 11.8. The number of phenols is 1. The second-order valence-corrected chi connectivity index (χ2v) is 3.27. The van der Waals surface area contributed by atoms with E-state index in [9.17, 15) is 5.11 Å². The molecule has 15 heavy (non-hydrogen) atoms. The molecule has 1 aromatic carbocycles. The predicted octanol–water partition coefficient (Wildman–Crippen LogP) is 0.741. The van der Waals surface area contributed by atoms with E-state index in [1.54, 1.807) is 24.3 Å². The van der Waals surface area contributed by atoms with Gasteiger partial charge in [-0.2, -0.15) is 0 Å². The van der Waals surface area contributed by atoms with Crippen LogP contribution in [-0.2, 0) is 0 Å². The van der Waals surface area contributed by atoms with Crippen molar-refractivity contribution in [3.63, 3.8) is 0 Å². The largest absolute Gasteiger partial charge is 0.508 e. The number of likely N-dealkylation sites (N-methyl/N-ethyl adjacent to an activating group) is 1. The lowest BCUT2D eigenvalue weighted by Crippen LogP contribution is -2.31. The van der Waals surface area contributed by atoms with E-state index in [1.165, 1.54) is 0 Å². The SMILES string of the molecule is CCNCC(O)COc1ccc(O)cc1. The van der Waals surface area contributed by atoms with Crippen LogP contribution < -0.4 is 10.1 Å².